The van der Waals surface area contributed by atoms with E-state index in [4.69, 9.17) is 5.73 Å². The highest BCUT2D eigenvalue weighted by molar-refractivity contribution is 5.92. The lowest BCUT2D eigenvalue weighted by molar-refractivity contribution is 0.0780. The van der Waals surface area contributed by atoms with E-state index < -0.39 is 0 Å². The van der Waals surface area contributed by atoms with Gasteiger partial charge < -0.3 is 10.6 Å². The molecule has 1 fully saturated rings. The van der Waals surface area contributed by atoms with E-state index >= 15 is 0 Å². The van der Waals surface area contributed by atoms with Gasteiger partial charge in [-0.05, 0) is 30.2 Å². The van der Waals surface area contributed by atoms with E-state index in [1.807, 2.05) is 53.4 Å². The molecule has 0 aliphatic carbocycles. The van der Waals surface area contributed by atoms with Gasteiger partial charge in [0.15, 0.2) is 5.69 Å². The standard InChI is InChI=1S/C20H21N5O/c21-11-16-12-24(13-18(16)15-7-3-1-4-8-15)20(26)19-14-25(23-22-19)17-9-5-2-6-10-17/h1-10,14,16,18H,11-13,21H2/t16-,18+/m1/s1. The van der Waals surface area contributed by atoms with E-state index in [1.54, 1.807) is 10.9 Å². The topological polar surface area (TPSA) is 77.0 Å². The van der Waals surface area contributed by atoms with Crippen molar-refractivity contribution >= 4 is 5.91 Å². The fourth-order valence-corrected chi connectivity index (χ4v) is 3.58. The molecule has 132 valence electrons. The van der Waals surface area contributed by atoms with Crippen LogP contribution in [-0.2, 0) is 0 Å². The summed E-state index contributed by atoms with van der Waals surface area (Å²) >= 11 is 0. The largest absolute Gasteiger partial charge is 0.336 e. The molecule has 1 aromatic heterocycles. The number of hydrogen-bond acceptors (Lipinski definition) is 4. The lowest BCUT2D eigenvalue weighted by Crippen LogP contribution is -2.30. The number of benzene rings is 2. The van der Waals surface area contributed by atoms with Gasteiger partial charge in [-0.2, -0.15) is 0 Å². The van der Waals surface area contributed by atoms with Crippen LogP contribution in [0.15, 0.2) is 66.9 Å². The third-order valence-electron chi connectivity index (χ3n) is 4.99. The lowest BCUT2D eigenvalue weighted by atomic mass is 9.89. The van der Waals surface area contributed by atoms with Crippen LogP contribution in [0, 0.1) is 5.92 Å². The molecule has 3 aromatic rings. The molecule has 1 aliphatic rings. The smallest absolute Gasteiger partial charge is 0.276 e. The first-order valence-electron chi connectivity index (χ1n) is 8.78. The maximum Gasteiger partial charge on any atom is 0.276 e. The number of carbonyl (C=O) groups excluding carboxylic acids is 1. The molecule has 6 nitrogen and oxygen atoms in total. The molecule has 2 atom stereocenters. The van der Waals surface area contributed by atoms with Crippen molar-refractivity contribution in [3.05, 3.63) is 78.1 Å². The van der Waals surface area contributed by atoms with E-state index in [1.165, 1.54) is 5.56 Å². The van der Waals surface area contributed by atoms with Crippen LogP contribution in [0.3, 0.4) is 0 Å². The van der Waals surface area contributed by atoms with Crippen LogP contribution in [0.25, 0.3) is 5.69 Å². The number of rotatable bonds is 4. The molecule has 0 spiro atoms. The van der Waals surface area contributed by atoms with Crippen LogP contribution in [0.4, 0.5) is 0 Å². The Morgan fingerprint density at radius 1 is 1.04 bits per heavy atom. The molecule has 2 aromatic carbocycles. The van der Waals surface area contributed by atoms with Gasteiger partial charge in [-0.25, -0.2) is 4.68 Å². The van der Waals surface area contributed by atoms with Crippen molar-refractivity contribution in [1.82, 2.24) is 19.9 Å². The fraction of sp³-hybridized carbons (Fsp3) is 0.250. The van der Waals surface area contributed by atoms with Crippen LogP contribution < -0.4 is 5.73 Å². The van der Waals surface area contributed by atoms with Gasteiger partial charge in [0.1, 0.15) is 0 Å². The number of aromatic nitrogens is 3. The summed E-state index contributed by atoms with van der Waals surface area (Å²) < 4.78 is 1.62. The molecule has 4 rings (SSSR count). The second-order valence-electron chi connectivity index (χ2n) is 6.61. The maximum atomic E-state index is 12.9. The third kappa shape index (κ3) is 3.11. The monoisotopic (exact) mass is 347 g/mol. The fourth-order valence-electron chi connectivity index (χ4n) is 3.58. The van der Waals surface area contributed by atoms with Crippen molar-refractivity contribution in [2.24, 2.45) is 11.7 Å². The van der Waals surface area contributed by atoms with Crippen LogP contribution in [0.5, 0.6) is 0 Å². The number of hydrogen-bond donors (Lipinski definition) is 1. The molecule has 0 bridgehead atoms. The summed E-state index contributed by atoms with van der Waals surface area (Å²) in [5.74, 6) is 0.420. The van der Waals surface area contributed by atoms with Crippen LogP contribution >= 0.6 is 0 Å². The zero-order valence-corrected chi connectivity index (χ0v) is 14.4. The molecule has 2 heterocycles. The zero-order chi connectivity index (χ0) is 17.9. The number of nitrogens with two attached hydrogens (primary N) is 1. The summed E-state index contributed by atoms with van der Waals surface area (Å²) in [6, 6.07) is 19.9. The van der Waals surface area contributed by atoms with E-state index in [2.05, 4.69) is 22.4 Å². The molecule has 0 radical (unpaired) electrons. The van der Waals surface area contributed by atoms with Crippen molar-refractivity contribution in [1.29, 1.82) is 0 Å². The minimum absolute atomic E-state index is 0.0935. The Balaban J connectivity index is 1.53. The molecule has 6 heteroatoms. The van der Waals surface area contributed by atoms with Crippen molar-refractivity contribution in [2.45, 2.75) is 5.92 Å². The molecule has 26 heavy (non-hydrogen) atoms. The summed E-state index contributed by atoms with van der Waals surface area (Å²) in [6.07, 6.45) is 1.69. The van der Waals surface area contributed by atoms with E-state index in [0.717, 1.165) is 5.69 Å². The van der Waals surface area contributed by atoms with Crippen LogP contribution in [-0.4, -0.2) is 45.4 Å². The van der Waals surface area contributed by atoms with Crippen molar-refractivity contribution in [2.75, 3.05) is 19.6 Å². The molecule has 1 aliphatic heterocycles. The quantitative estimate of drug-likeness (QED) is 0.784. The average Bonchev–Trinajstić information content (AvgIpc) is 3.36. The Morgan fingerprint density at radius 3 is 2.42 bits per heavy atom. The van der Waals surface area contributed by atoms with Gasteiger partial charge in [0.25, 0.3) is 5.91 Å². The normalized spacial score (nSPS) is 19.7. The number of likely N-dealkylation sites (tertiary alicyclic amines) is 1. The van der Waals surface area contributed by atoms with Crippen LogP contribution in [0.2, 0.25) is 0 Å². The van der Waals surface area contributed by atoms with Gasteiger partial charge in [0.2, 0.25) is 0 Å². The van der Waals surface area contributed by atoms with E-state index in [0.29, 0.717) is 25.3 Å². The Kier molecular flexibility index (Phi) is 4.50. The highest BCUT2D eigenvalue weighted by Crippen LogP contribution is 2.32. The highest BCUT2D eigenvalue weighted by Gasteiger charge is 2.36. The van der Waals surface area contributed by atoms with Gasteiger partial charge >= 0.3 is 0 Å². The third-order valence-corrected chi connectivity index (χ3v) is 4.99. The van der Waals surface area contributed by atoms with Gasteiger partial charge in [-0.15, -0.1) is 5.10 Å². The van der Waals surface area contributed by atoms with Gasteiger partial charge in [-0.1, -0.05) is 53.7 Å². The van der Waals surface area contributed by atoms with E-state index in [-0.39, 0.29) is 17.7 Å². The number of carbonyl (C=O) groups is 1. The van der Waals surface area contributed by atoms with Crippen LogP contribution in [0.1, 0.15) is 22.0 Å². The summed E-state index contributed by atoms with van der Waals surface area (Å²) in [6.45, 7) is 1.86. The van der Waals surface area contributed by atoms with Crippen molar-refractivity contribution in [3.63, 3.8) is 0 Å². The predicted octanol–water partition coefficient (Wildman–Crippen LogP) is 2.08. The SMILES string of the molecule is NC[C@@H]1CN(C(=O)c2cn(-c3ccccc3)nn2)C[C@H]1c1ccccc1. The Labute approximate surface area is 152 Å². The van der Waals surface area contributed by atoms with Gasteiger partial charge in [0, 0.05) is 19.0 Å². The molecular weight excluding hydrogens is 326 g/mol. The predicted molar refractivity (Wildman–Crippen MR) is 99.0 cm³/mol. The first kappa shape index (κ1) is 16.5. The molecular formula is C20H21N5O. The minimum Gasteiger partial charge on any atom is -0.336 e. The summed E-state index contributed by atoms with van der Waals surface area (Å²) in [5.41, 5.74) is 8.44. The first-order chi connectivity index (χ1) is 12.8. The number of amides is 1. The molecule has 1 amide bonds. The van der Waals surface area contributed by atoms with Gasteiger partial charge in [-0.3, -0.25) is 4.79 Å². The van der Waals surface area contributed by atoms with Crippen molar-refractivity contribution in [3.8, 4) is 5.69 Å². The lowest BCUT2D eigenvalue weighted by Gasteiger charge is -2.16. The summed E-state index contributed by atoms with van der Waals surface area (Å²) in [5, 5.41) is 8.17. The second kappa shape index (κ2) is 7.09. The van der Waals surface area contributed by atoms with Gasteiger partial charge in [0.05, 0.1) is 11.9 Å². The molecule has 1 saturated heterocycles. The second-order valence-corrected chi connectivity index (χ2v) is 6.61. The Hall–Kier alpha value is -2.99. The number of para-hydroxylation sites is 1. The van der Waals surface area contributed by atoms with Crippen molar-refractivity contribution < 1.29 is 4.79 Å². The molecule has 2 N–H and O–H groups in total. The average molecular weight is 347 g/mol. The zero-order valence-electron chi connectivity index (χ0n) is 14.4. The number of nitrogens with zero attached hydrogens (tertiary/aromatic N) is 4. The van der Waals surface area contributed by atoms with E-state index in [9.17, 15) is 4.79 Å². The Bertz CT molecular complexity index is 877. The molecule has 0 unspecified atom stereocenters. The summed E-state index contributed by atoms with van der Waals surface area (Å²) in [7, 11) is 0. The molecule has 0 saturated carbocycles. The highest BCUT2D eigenvalue weighted by atomic mass is 16.2. The minimum atomic E-state index is -0.0935. The maximum absolute atomic E-state index is 12.9. The summed E-state index contributed by atoms with van der Waals surface area (Å²) in [4.78, 5) is 14.7. The first-order valence-corrected chi connectivity index (χ1v) is 8.78. The Morgan fingerprint density at radius 2 is 1.73 bits per heavy atom.